The fourth-order valence-corrected chi connectivity index (χ4v) is 1.97. The molecule has 1 aliphatic heterocycles. The first-order chi connectivity index (χ1) is 7.87. The van der Waals surface area contributed by atoms with Gasteiger partial charge in [-0.05, 0) is 18.8 Å². The molecule has 1 heterocycles. The van der Waals surface area contributed by atoms with Crippen LogP contribution in [0.5, 0.6) is 0 Å². The number of carbonyl (C=O) groups excluding carboxylic acids is 2. The van der Waals surface area contributed by atoms with Crippen LogP contribution in [0.4, 0.5) is 13.2 Å². The second-order valence-corrected chi connectivity index (χ2v) is 4.51. The molecular formula is C10H13F3N2O2. The van der Waals surface area contributed by atoms with Crippen molar-refractivity contribution < 1.29 is 22.8 Å². The van der Waals surface area contributed by atoms with Crippen LogP contribution < -0.4 is 5.32 Å². The average Bonchev–Trinajstić information content (AvgIpc) is 3.00. The van der Waals surface area contributed by atoms with E-state index in [4.69, 9.17) is 0 Å². The van der Waals surface area contributed by atoms with E-state index in [0.29, 0.717) is 0 Å². The van der Waals surface area contributed by atoms with Gasteiger partial charge in [0.1, 0.15) is 12.6 Å². The van der Waals surface area contributed by atoms with Crippen molar-refractivity contribution >= 4 is 11.8 Å². The molecule has 7 heteroatoms. The van der Waals surface area contributed by atoms with Crippen LogP contribution in [0.25, 0.3) is 0 Å². The minimum absolute atomic E-state index is 0.0142. The minimum Gasteiger partial charge on any atom is -0.344 e. The van der Waals surface area contributed by atoms with Gasteiger partial charge in [-0.1, -0.05) is 0 Å². The van der Waals surface area contributed by atoms with Gasteiger partial charge in [0.05, 0.1) is 0 Å². The first kappa shape index (κ1) is 12.2. The topological polar surface area (TPSA) is 49.4 Å². The maximum Gasteiger partial charge on any atom is 0.406 e. The third-order valence-electron chi connectivity index (χ3n) is 2.97. The summed E-state index contributed by atoms with van der Waals surface area (Å²) in [6.45, 7) is -1.43. The quantitative estimate of drug-likeness (QED) is 0.783. The molecule has 1 atom stereocenters. The van der Waals surface area contributed by atoms with Gasteiger partial charge >= 0.3 is 6.18 Å². The standard InChI is InChI=1S/C10H13F3N2O2/c11-10(12,13)5-15-4-3-7(16)14-8(9(15)17)6-1-2-6/h6,8H,1-5H2,(H,14,16). The number of nitrogens with one attached hydrogen (secondary N) is 1. The van der Waals surface area contributed by atoms with Crippen molar-refractivity contribution in [3.05, 3.63) is 0 Å². The summed E-state index contributed by atoms with van der Waals surface area (Å²) >= 11 is 0. The Kier molecular flexibility index (Phi) is 3.01. The van der Waals surface area contributed by atoms with Gasteiger partial charge in [-0.15, -0.1) is 0 Å². The summed E-state index contributed by atoms with van der Waals surface area (Å²) in [4.78, 5) is 23.9. The molecule has 1 aliphatic carbocycles. The van der Waals surface area contributed by atoms with Gasteiger partial charge in [0.15, 0.2) is 0 Å². The monoisotopic (exact) mass is 250 g/mol. The Labute approximate surface area is 96.1 Å². The van der Waals surface area contributed by atoms with Crippen LogP contribution in [0.15, 0.2) is 0 Å². The van der Waals surface area contributed by atoms with Crippen molar-refractivity contribution in [2.75, 3.05) is 13.1 Å². The maximum atomic E-state index is 12.3. The van der Waals surface area contributed by atoms with Crippen molar-refractivity contribution in [2.24, 2.45) is 5.92 Å². The molecule has 0 bridgehead atoms. The van der Waals surface area contributed by atoms with E-state index in [2.05, 4.69) is 5.32 Å². The second kappa shape index (κ2) is 4.19. The van der Waals surface area contributed by atoms with Crippen molar-refractivity contribution in [1.29, 1.82) is 0 Å². The van der Waals surface area contributed by atoms with Gasteiger partial charge in [0, 0.05) is 13.0 Å². The zero-order valence-corrected chi connectivity index (χ0v) is 9.09. The normalized spacial score (nSPS) is 26.8. The summed E-state index contributed by atoms with van der Waals surface area (Å²) in [7, 11) is 0. The van der Waals surface area contributed by atoms with Crippen LogP contribution in [-0.4, -0.2) is 42.0 Å². The predicted molar refractivity (Wildman–Crippen MR) is 51.9 cm³/mol. The van der Waals surface area contributed by atoms with Crippen molar-refractivity contribution in [3.8, 4) is 0 Å². The van der Waals surface area contributed by atoms with Gasteiger partial charge in [-0.25, -0.2) is 0 Å². The Bertz CT molecular complexity index is 339. The number of amides is 2. The third kappa shape index (κ3) is 3.10. The van der Waals surface area contributed by atoms with E-state index in [-0.39, 0.29) is 24.8 Å². The molecule has 1 N–H and O–H groups in total. The van der Waals surface area contributed by atoms with Crippen molar-refractivity contribution in [3.63, 3.8) is 0 Å². The van der Waals surface area contributed by atoms with Crippen molar-refractivity contribution in [1.82, 2.24) is 10.2 Å². The highest BCUT2D eigenvalue weighted by molar-refractivity contribution is 5.90. The van der Waals surface area contributed by atoms with Gasteiger partial charge in [0.2, 0.25) is 11.8 Å². The van der Waals surface area contributed by atoms with Crippen LogP contribution in [0.1, 0.15) is 19.3 Å². The highest BCUT2D eigenvalue weighted by Gasteiger charge is 2.43. The molecule has 1 unspecified atom stereocenters. The second-order valence-electron chi connectivity index (χ2n) is 4.51. The summed E-state index contributed by atoms with van der Waals surface area (Å²) in [6.07, 6.45) is -2.91. The first-order valence-electron chi connectivity index (χ1n) is 5.52. The lowest BCUT2D eigenvalue weighted by atomic mass is 10.1. The number of hydrogen-bond donors (Lipinski definition) is 1. The minimum atomic E-state index is -4.42. The summed E-state index contributed by atoms with van der Waals surface area (Å²) in [5.74, 6) is -0.934. The van der Waals surface area contributed by atoms with Gasteiger partial charge in [0.25, 0.3) is 0 Å². The van der Waals surface area contributed by atoms with Crippen LogP contribution in [0.3, 0.4) is 0 Å². The lowest BCUT2D eigenvalue weighted by Gasteiger charge is -2.24. The number of rotatable bonds is 2. The first-order valence-corrected chi connectivity index (χ1v) is 5.52. The lowest BCUT2D eigenvalue weighted by Crippen LogP contribution is -2.48. The number of alkyl halides is 3. The van der Waals surface area contributed by atoms with E-state index in [0.717, 1.165) is 17.7 Å². The molecule has 1 saturated carbocycles. The van der Waals surface area contributed by atoms with E-state index in [1.165, 1.54) is 0 Å². The molecule has 0 aromatic heterocycles. The molecule has 2 fully saturated rings. The molecular weight excluding hydrogens is 237 g/mol. The molecule has 0 aromatic carbocycles. The van der Waals surface area contributed by atoms with E-state index in [1.54, 1.807) is 0 Å². The number of halogens is 3. The highest BCUT2D eigenvalue weighted by atomic mass is 19.4. The Hall–Kier alpha value is -1.27. The fraction of sp³-hybridized carbons (Fsp3) is 0.800. The Morgan fingerprint density at radius 1 is 1.29 bits per heavy atom. The average molecular weight is 250 g/mol. The summed E-state index contributed by atoms with van der Waals surface area (Å²) in [5, 5.41) is 2.51. The zero-order valence-electron chi connectivity index (χ0n) is 9.09. The van der Waals surface area contributed by atoms with Gasteiger partial charge in [-0.2, -0.15) is 13.2 Å². The summed E-state index contributed by atoms with van der Waals surface area (Å²) in [6, 6.07) is -0.757. The molecule has 2 amide bonds. The molecule has 0 spiro atoms. The molecule has 2 aliphatic rings. The summed E-state index contributed by atoms with van der Waals surface area (Å²) in [5.41, 5.74) is 0. The molecule has 2 rings (SSSR count). The Balaban J connectivity index is 2.09. The molecule has 1 saturated heterocycles. The van der Waals surface area contributed by atoms with Crippen LogP contribution >= 0.6 is 0 Å². The SMILES string of the molecule is O=C1CCN(CC(F)(F)F)C(=O)C(C2CC2)N1. The van der Waals surface area contributed by atoms with Crippen molar-refractivity contribution in [2.45, 2.75) is 31.5 Å². The van der Waals surface area contributed by atoms with Crippen LogP contribution in [0, 0.1) is 5.92 Å². The smallest absolute Gasteiger partial charge is 0.344 e. The Morgan fingerprint density at radius 2 is 1.94 bits per heavy atom. The largest absolute Gasteiger partial charge is 0.406 e. The predicted octanol–water partition coefficient (Wildman–Crippen LogP) is 0.676. The highest BCUT2D eigenvalue weighted by Crippen LogP contribution is 2.34. The summed E-state index contributed by atoms with van der Waals surface area (Å²) < 4.78 is 36.9. The Morgan fingerprint density at radius 3 is 2.47 bits per heavy atom. The lowest BCUT2D eigenvalue weighted by molar-refractivity contribution is -0.161. The number of nitrogens with zero attached hydrogens (tertiary/aromatic N) is 1. The number of carbonyl (C=O) groups is 2. The molecule has 0 radical (unpaired) electrons. The number of hydrogen-bond acceptors (Lipinski definition) is 2. The van der Waals surface area contributed by atoms with E-state index >= 15 is 0 Å². The van der Waals surface area contributed by atoms with Crippen LogP contribution in [0.2, 0.25) is 0 Å². The van der Waals surface area contributed by atoms with Gasteiger partial charge < -0.3 is 10.2 Å². The third-order valence-corrected chi connectivity index (χ3v) is 2.97. The molecule has 17 heavy (non-hydrogen) atoms. The molecule has 0 aromatic rings. The van der Waals surface area contributed by atoms with E-state index in [9.17, 15) is 22.8 Å². The zero-order chi connectivity index (χ0) is 12.6. The van der Waals surface area contributed by atoms with E-state index < -0.39 is 24.7 Å². The van der Waals surface area contributed by atoms with Crippen LogP contribution in [-0.2, 0) is 9.59 Å². The molecule has 4 nitrogen and oxygen atoms in total. The fourth-order valence-electron chi connectivity index (χ4n) is 1.97. The van der Waals surface area contributed by atoms with E-state index in [1.807, 2.05) is 0 Å². The van der Waals surface area contributed by atoms with Gasteiger partial charge in [-0.3, -0.25) is 9.59 Å². The molecule has 96 valence electrons. The maximum absolute atomic E-state index is 12.3.